The third-order valence-electron chi connectivity index (χ3n) is 2.13. The second kappa shape index (κ2) is 3.83. The van der Waals surface area contributed by atoms with Gasteiger partial charge in [0, 0.05) is 6.54 Å². The second-order valence-electron chi connectivity index (χ2n) is 3.72. The van der Waals surface area contributed by atoms with E-state index < -0.39 is 24.1 Å². The van der Waals surface area contributed by atoms with Crippen molar-refractivity contribution in [3.05, 3.63) is 0 Å². The number of amides is 2. The molecule has 0 aromatic rings. The molecule has 0 saturated carbocycles. The lowest BCUT2D eigenvalue weighted by molar-refractivity contribution is -0.135. The van der Waals surface area contributed by atoms with Crippen molar-refractivity contribution in [1.29, 1.82) is 0 Å². The van der Waals surface area contributed by atoms with Crippen LogP contribution in [0.5, 0.6) is 0 Å². The summed E-state index contributed by atoms with van der Waals surface area (Å²) in [5.74, 6) is -1.08. The molecule has 1 atom stereocenters. The maximum atomic E-state index is 11.3. The SMILES string of the molecule is CC1(O)CCN(C(=O)NCC(=O)O)C1. The predicted octanol–water partition coefficient (Wildman–Crippen LogP) is -0.763. The zero-order valence-electron chi connectivity index (χ0n) is 7.99. The number of aliphatic carboxylic acids is 1. The van der Waals surface area contributed by atoms with Gasteiger partial charge in [0.25, 0.3) is 0 Å². The number of nitrogens with zero attached hydrogens (tertiary/aromatic N) is 1. The van der Waals surface area contributed by atoms with Gasteiger partial charge in [-0.3, -0.25) is 4.79 Å². The van der Waals surface area contributed by atoms with Crippen LogP contribution < -0.4 is 5.32 Å². The third-order valence-corrected chi connectivity index (χ3v) is 2.13. The van der Waals surface area contributed by atoms with Crippen LogP contribution in [0, 0.1) is 0 Å². The number of hydrogen-bond donors (Lipinski definition) is 3. The van der Waals surface area contributed by atoms with Crippen molar-refractivity contribution in [1.82, 2.24) is 10.2 Å². The fourth-order valence-electron chi connectivity index (χ4n) is 1.38. The molecule has 1 rings (SSSR count). The summed E-state index contributed by atoms with van der Waals surface area (Å²) in [5, 5.41) is 20.1. The molecule has 1 aliphatic heterocycles. The number of β-amino-alcohol motifs (C(OH)–C–C–N with tert-alkyl or cyclic N) is 1. The highest BCUT2D eigenvalue weighted by atomic mass is 16.4. The van der Waals surface area contributed by atoms with Gasteiger partial charge in [0.1, 0.15) is 6.54 Å². The van der Waals surface area contributed by atoms with Crippen LogP contribution in [0.15, 0.2) is 0 Å². The smallest absolute Gasteiger partial charge is 0.323 e. The second-order valence-corrected chi connectivity index (χ2v) is 3.72. The van der Waals surface area contributed by atoms with E-state index >= 15 is 0 Å². The average Bonchev–Trinajstić information content (AvgIpc) is 2.41. The molecule has 6 nitrogen and oxygen atoms in total. The predicted molar refractivity (Wildman–Crippen MR) is 47.8 cm³/mol. The largest absolute Gasteiger partial charge is 0.480 e. The van der Waals surface area contributed by atoms with Gasteiger partial charge in [-0.2, -0.15) is 0 Å². The highest BCUT2D eigenvalue weighted by Gasteiger charge is 2.33. The highest BCUT2D eigenvalue weighted by molar-refractivity contribution is 5.80. The molecule has 0 aromatic heterocycles. The van der Waals surface area contributed by atoms with Gasteiger partial charge >= 0.3 is 12.0 Å². The first-order valence-electron chi connectivity index (χ1n) is 4.38. The van der Waals surface area contributed by atoms with E-state index in [0.717, 1.165) is 0 Å². The molecule has 1 unspecified atom stereocenters. The molecule has 0 aromatic carbocycles. The number of urea groups is 1. The van der Waals surface area contributed by atoms with Crippen molar-refractivity contribution in [2.75, 3.05) is 19.6 Å². The van der Waals surface area contributed by atoms with Crippen LogP contribution in [0.4, 0.5) is 4.79 Å². The number of rotatable bonds is 2. The van der Waals surface area contributed by atoms with Crippen molar-refractivity contribution in [2.45, 2.75) is 18.9 Å². The van der Waals surface area contributed by atoms with Gasteiger partial charge in [0.15, 0.2) is 0 Å². The quantitative estimate of drug-likeness (QED) is 0.549. The molecular formula is C8H14N2O4. The Balaban J connectivity index is 2.36. The summed E-state index contributed by atoms with van der Waals surface area (Å²) in [6, 6.07) is -0.440. The molecule has 3 N–H and O–H groups in total. The first-order chi connectivity index (χ1) is 6.41. The van der Waals surface area contributed by atoms with E-state index in [1.54, 1.807) is 6.92 Å². The lowest BCUT2D eigenvalue weighted by atomic mass is 10.1. The number of hydrogen-bond acceptors (Lipinski definition) is 3. The van der Waals surface area contributed by atoms with Crippen molar-refractivity contribution in [3.8, 4) is 0 Å². The van der Waals surface area contributed by atoms with Crippen molar-refractivity contribution in [3.63, 3.8) is 0 Å². The molecule has 0 bridgehead atoms. The summed E-state index contributed by atoms with van der Waals surface area (Å²) in [6.45, 7) is 1.96. The standard InChI is InChI=1S/C8H14N2O4/c1-8(14)2-3-10(5-8)7(13)9-4-6(11)12/h14H,2-5H2,1H3,(H,9,13)(H,11,12). The molecule has 2 amide bonds. The van der Waals surface area contributed by atoms with E-state index in [1.807, 2.05) is 0 Å². The van der Waals surface area contributed by atoms with Crippen molar-refractivity contribution >= 4 is 12.0 Å². The van der Waals surface area contributed by atoms with Gasteiger partial charge in [-0.05, 0) is 13.3 Å². The molecule has 1 fully saturated rings. The van der Waals surface area contributed by atoms with Crippen LogP contribution in [-0.4, -0.2) is 52.3 Å². The third kappa shape index (κ3) is 2.88. The minimum Gasteiger partial charge on any atom is -0.480 e. The molecule has 1 heterocycles. The Labute approximate surface area is 81.5 Å². The summed E-state index contributed by atoms with van der Waals surface area (Å²) in [6.07, 6.45) is 0.521. The molecule has 80 valence electrons. The van der Waals surface area contributed by atoms with Gasteiger partial charge in [-0.1, -0.05) is 0 Å². The van der Waals surface area contributed by atoms with Crippen LogP contribution in [0.2, 0.25) is 0 Å². The van der Waals surface area contributed by atoms with E-state index in [-0.39, 0.29) is 6.54 Å². The van der Waals surface area contributed by atoms with Gasteiger partial charge in [-0.25, -0.2) is 4.79 Å². The lowest BCUT2D eigenvalue weighted by Crippen LogP contribution is -2.42. The van der Waals surface area contributed by atoms with Gasteiger partial charge < -0.3 is 20.4 Å². The Bertz CT molecular complexity index is 252. The molecule has 1 saturated heterocycles. The summed E-state index contributed by atoms with van der Waals surface area (Å²) in [5.41, 5.74) is -0.847. The summed E-state index contributed by atoms with van der Waals surface area (Å²) in [4.78, 5) is 22.8. The highest BCUT2D eigenvalue weighted by Crippen LogP contribution is 2.19. The minimum atomic E-state index is -1.08. The summed E-state index contributed by atoms with van der Waals surface area (Å²) in [7, 11) is 0. The molecule has 14 heavy (non-hydrogen) atoms. The fourth-order valence-corrected chi connectivity index (χ4v) is 1.38. The number of likely N-dealkylation sites (tertiary alicyclic amines) is 1. The zero-order valence-corrected chi connectivity index (χ0v) is 7.99. The Hall–Kier alpha value is -1.30. The number of carboxylic acids is 1. The molecule has 6 heteroatoms. The minimum absolute atomic E-state index is 0.248. The Morgan fingerprint density at radius 3 is 2.64 bits per heavy atom. The van der Waals surface area contributed by atoms with Crippen LogP contribution >= 0.6 is 0 Å². The van der Waals surface area contributed by atoms with Gasteiger partial charge in [0.2, 0.25) is 0 Å². The first kappa shape index (κ1) is 10.8. The van der Waals surface area contributed by atoms with Crippen molar-refractivity contribution in [2.24, 2.45) is 0 Å². The lowest BCUT2D eigenvalue weighted by Gasteiger charge is -2.18. The van der Waals surface area contributed by atoms with Crippen LogP contribution in [0.1, 0.15) is 13.3 Å². The van der Waals surface area contributed by atoms with Gasteiger partial charge in [0.05, 0.1) is 12.1 Å². The maximum Gasteiger partial charge on any atom is 0.323 e. The van der Waals surface area contributed by atoms with E-state index in [4.69, 9.17) is 5.11 Å². The molecule has 0 aliphatic carbocycles. The topological polar surface area (TPSA) is 89.9 Å². The van der Waals surface area contributed by atoms with E-state index in [9.17, 15) is 14.7 Å². The van der Waals surface area contributed by atoms with Crippen molar-refractivity contribution < 1.29 is 19.8 Å². The maximum absolute atomic E-state index is 11.3. The number of carbonyl (C=O) groups is 2. The fraction of sp³-hybridized carbons (Fsp3) is 0.750. The summed E-state index contributed by atoms with van der Waals surface area (Å²) < 4.78 is 0. The molecule has 1 aliphatic rings. The molecule has 0 radical (unpaired) electrons. The Morgan fingerprint density at radius 2 is 2.21 bits per heavy atom. The van der Waals surface area contributed by atoms with E-state index in [1.165, 1.54) is 4.90 Å². The Kier molecular flexibility index (Phi) is 2.95. The van der Waals surface area contributed by atoms with Crippen LogP contribution in [0.25, 0.3) is 0 Å². The van der Waals surface area contributed by atoms with E-state index in [0.29, 0.717) is 13.0 Å². The monoisotopic (exact) mass is 202 g/mol. The van der Waals surface area contributed by atoms with Crippen LogP contribution in [0.3, 0.4) is 0 Å². The Morgan fingerprint density at radius 1 is 1.57 bits per heavy atom. The number of carbonyl (C=O) groups excluding carboxylic acids is 1. The van der Waals surface area contributed by atoms with Crippen LogP contribution in [-0.2, 0) is 4.79 Å². The number of carboxylic acid groups (broad SMARTS) is 1. The summed E-state index contributed by atoms with van der Waals surface area (Å²) >= 11 is 0. The number of aliphatic hydroxyl groups is 1. The zero-order chi connectivity index (χ0) is 10.8. The molecular weight excluding hydrogens is 188 g/mol. The number of nitrogens with one attached hydrogen (secondary N) is 1. The molecule has 0 spiro atoms. The average molecular weight is 202 g/mol. The van der Waals surface area contributed by atoms with Gasteiger partial charge in [-0.15, -0.1) is 0 Å². The van der Waals surface area contributed by atoms with E-state index in [2.05, 4.69) is 5.32 Å². The first-order valence-corrected chi connectivity index (χ1v) is 4.38. The normalized spacial score (nSPS) is 26.3.